The third kappa shape index (κ3) is 4.99. The molecule has 34 heavy (non-hydrogen) atoms. The molecule has 6 nitrogen and oxygen atoms in total. The summed E-state index contributed by atoms with van der Waals surface area (Å²) in [5.74, 6) is 0.918. The van der Waals surface area contributed by atoms with E-state index in [1.54, 1.807) is 12.1 Å². The number of anilines is 2. The van der Waals surface area contributed by atoms with Crippen molar-refractivity contribution in [2.45, 2.75) is 12.8 Å². The summed E-state index contributed by atoms with van der Waals surface area (Å²) in [7, 11) is 0. The van der Waals surface area contributed by atoms with E-state index in [2.05, 4.69) is 20.0 Å². The number of hydrogen-bond donors (Lipinski definition) is 0. The highest BCUT2D eigenvalue weighted by Crippen LogP contribution is 2.26. The highest BCUT2D eigenvalue weighted by atomic mass is 35.5. The summed E-state index contributed by atoms with van der Waals surface area (Å²) in [6.45, 7) is 4.53. The second kappa shape index (κ2) is 9.97. The number of rotatable bonds is 4. The van der Waals surface area contributed by atoms with Crippen LogP contribution in [-0.2, 0) is 4.79 Å². The van der Waals surface area contributed by atoms with Crippen LogP contribution in [0.4, 0.5) is 15.9 Å². The van der Waals surface area contributed by atoms with Crippen molar-refractivity contribution < 1.29 is 9.18 Å². The zero-order valence-corrected chi connectivity index (χ0v) is 19.7. The molecule has 3 heterocycles. The van der Waals surface area contributed by atoms with Gasteiger partial charge in [-0.3, -0.25) is 4.79 Å². The van der Waals surface area contributed by atoms with Gasteiger partial charge in [-0.1, -0.05) is 23.7 Å². The molecule has 0 unspecified atom stereocenters. The number of amides is 1. The van der Waals surface area contributed by atoms with E-state index >= 15 is 0 Å². The van der Waals surface area contributed by atoms with Crippen LogP contribution in [0, 0.1) is 11.7 Å². The summed E-state index contributed by atoms with van der Waals surface area (Å²) in [6.07, 6.45) is 1.63. The number of carbonyl (C=O) groups excluding carboxylic acids is 1. The summed E-state index contributed by atoms with van der Waals surface area (Å²) in [5, 5.41) is 9.50. The number of nitrogens with zero attached hydrogens (tertiary/aromatic N) is 5. The highest BCUT2D eigenvalue weighted by Gasteiger charge is 2.31. The highest BCUT2D eigenvalue weighted by molar-refractivity contribution is 6.30. The first-order chi connectivity index (χ1) is 16.6. The molecule has 0 bridgehead atoms. The first-order valence-corrected chi connectivity index (χ1v) is 12.1. The van der Waals surface area contributed by atoms with E-state index in [1.807, 2.05) is 41.3 Å². The lowest BCUT2D eigenvalue weighted by molar-refractivity contribution is -0.136. The molecule has 0 atom stereocenters. The molecule has 2 aliphatic rings. The molecule has 2 saturated heterocycles. The Labute approximate surface area is 204 Å². The van der Waals surface area contributed by atoms with Crippen LogP contribution in [0.25, 0.3) is 11.3 Å². The lowest BCUT2D eigenvalue weighted by atomic mass is 9.95. The molecule has 8 heteroatoms. The number of hydrogen-bond acceptors (Lipinski definition) is 5. The molecule has 0 saturated carbocycles. The molecule has 5 rings (SSSR count). The molecule has 0 N–H and O–H groups in total. The predicted molar refractivity (Wildman–Crippen MR) is 133 cm³/mol. The van der Waals surface area contributed by atoms with Crippen molar-refractivity contribution >= 4 is 29.0 Å². The minimum atomic E-state index is -0.229. The van der Waals surface area contributed by atoms with Crippen LogP contribution >= 0.6 is 11.6 Å². The molecule has 2 aromatic carbocycles. The van der Waals surface area contributed by atoms with Gasteiger partial charge in [0.15, 0.2) is 5.82 Å². The summed E-state index contributed by atoms with van der Waals surface area (Å²) in [5.41, 5.74) is 2.79. The predicted octanol–water partition coefficient (Wildman–Crippen LogP) is 4.50. The summed E-state index contributed by atoms with van der Waals surface area (Å²) < 4.78 is 13.2. The average Bonchev–Trinajstić information content (AvgIpc) is 2.90. The van der Waals surface area contributed by atoms with E-state index in [1.165, 1.54) is 12.1 Å². The van der Waals surface area contributed by atoms with Gasteiger partial charge in [-0.05, 0) is 61.4 Å². The van der Waals surface area contributed by atoms with Crippen molar-refractivity contribution in [3.8, 4) is 11.3 Å². The number of aromatic nitrogens is 2. The topological polar surface area (TPSA) is 52.6 Å². The molecule has 0 aliphatic carbocycles. The van der Waals surface area contributed by atoms with E-state index in [0.29, 0.717) is 18.1 Å². The quantitative estimate of drug-likeness (QED) is 0.551. The van der Waals surface area contributed by atoms with Crippen LogP contribution in [-0.4, -0.2) is 60.3 Å². The molecule has 3 aromatic rings. The van der Waals surface area contributed by atoms with Gasteiger partial charge in [0.05, 0.1) is 5.69 Å². The zero-order valence-electron chi connectivity index (χ0n) is 18.9. The molecule has 2 fully saturated rings. The third-order valence-electron chi connectivity index (χ3n) is 6.74. The molecule has 1 aromatic heterocycles. The first kappa shape index (κ1) is 22.6. The van der Waals surface area contributed by atoms with E-state index in [9.17, 15) is 9.18 Å². The van der Waals surface area contributed by atoms with Crippen LogP contribution in [0.5, 0.6) is 0 Å². The lowest BCUT2D eigenvalue weighted by Gasteiger charge is -2.39. The van der Waals surface area contributed by atoms with Crippen molar-refractivity contribution in [2.75, 3.05) is 49.1 Å². The third-order valence-corrected chi connectivity index (χ3v) is 6.99. The van der Waals surface area contributed by atoms with Gasteiger partial charge < -0.3 is 14.7 Å². The Bertz CT molecular complexity index is 1110. The van der Waals surface area contributed by atoms with Gasteiger partial charge in [-0.2, -0.15) is 0 Å². The monoisotopic (exact) mass is 479 g/mol. The maximum absolute atomic E-state index is 13.2. The fourth-order valence-corrected chi connectivity index (χ4v) is 4.85. The van der Waals surface area contributed by atoms with Crippen LogP contribution < -0.4 is 9.80 Å². The minimum absolute atomic E-state index is 0.0509. The molecule has 0 radical (unpaired) electrons. The molecule has 2 aliphatic heterocycles. The van der Waals surface area contributed by atoms with Gasteiger partial charge in [-0.25, -0.2) is 4.39 Å². The summed E-state index contributed by atoms with van der Waals surface area (Å²) >= 11 is 5.96. The van der Waals surface area contributed by atoms with Gasteiger partial charge in [0, 0.05) is 61.5 Å². The Morgan fingerprint density at radius 2 is 1.47 bits per heavy atom. The van der Waals surface area contributed by atoms with Gasteiger partial charge in [0.2, 0.25) is 5.91 Å². The second-order valence-corrected chi connectivity index (χ2v) is 9.27. The first-order valence-electron chi connectivity index (χ1n) is 11.7. The average molecular weight is 480 g/mol. The molecular weight excluding hydrogens is 453 g/mol. The van der Waals surface area contributed by atoms with Gasteiger partial charge >= 0.3 is 0 Å². The van der Waals surface area contributed by atoms with Crippen molar-refractivity contribution in [1.82, 2.24) is 15.1 Å². The Morgan fingerprint density at radius 3 is 2.09 bits per heavy atom. The van der Waals surface area contributed by atoms with E-state index < -0.39 is 0 Å². The summed E-state index contributed by atoms with van der Waals surface area (Å²) in [6, 6.07) is 18.1. The van der Waals surface area contributed by atoms with Crippen LogP contribution in [0.1, 0.15) is 12.8 Å². The normalized spacial score (nSPS) is 17.2. The second-order valence-electron chi connectivity index (χ2n) is 8.83. The Hall–Kier alpha value is -3.19. The smallest absolute Gasteiger partial charge is 0.225 e. The molecular formula is C26H27ClFN5O. The zero-order chi connectivity index (χ0) is 23.5. The lowest BCUT2D eigenvalue weighted by Crippen LogP contribution is -2.51. The van der Waals surface area contributed by atoms with Gasteiger partial charge in [0.25, 0.3) is 0 Å². The Kier molecular flexibility index (Phi) is 6.63. The Balaban J connectivity index is 1.12. The fraction of sp³-hybridized carbons (Fsp3) is 0.346. The maximum atomic E-state index is 13.2. The van der Waals surface area contributed by atoms with Crippen LogP contribution in [0.15, 0.2) is 60.7 Å². The van der Waals surface area contributed by atoms with Crippen molar-refractivity contribution in [3.05, 3.63) is 71.5 Å². The molecule has 176 valence electrons. The number of halogens is 2. The standard InChI is InChI=1S/C26H27ClFN5O/c27-21-3-1-19(2-4-21)24-9-10-25(30-29-24)32-13-11-20(12-14-32)26(34)33-17-15-31(16-18-33)23-7-5-22(28)6-8-23/h1-10,20H,11-18H2. The van der Waals surface area contributed by atoms with Crippen molar-refractivity contribution in [2.24, 2.45) is 5.92 Å². The van der Waals surface area contributed by atoms with E-state index in [4.69, 9.17) is 11.6 Å². The number of benzene rings is 2. The van der Waals surface area contributed by atoms with E-state index in [-0.39, 0.29) is 17.6 Å². The number of piperidine rings is 1. The molecule has 0 spiro atoms. The van der Waals surface area contributed by atoms with Gasteiger partial charge in [-0.15, -0.1) is 10.2 Å². The SMILES string of the molecule is O=C(C1CCN(c2ccc(-c3ccc(Cl)cc3)nn2)CC1)N1CCN(c2ccc(F)cc2)CC1. The number of piperazine rings is 1. The maximum Gasteiger partial charge on any atom is 0.225 e. The summed E-state index contributed by atoms with van der Waals surface area (Å²) in [4.78, 5) is 19.5. The number of carbonyl (C=O) groups is 1. The van der Waals surface area contributed by atoms with Crippen LogP contribution in [0.2, 0.25) is 5.02 Å². The van der Waals surface area contributed by atoms with E-state index in [0.717, 1.165) is 61.8 Å². The van der Waals surface area contributed by atoms with Crippen LogP contribution in [0.3, 0.4) is 0 Å². The Morgan fingerprint density at radius 1 is 0.794 bits per heavy atom. The van der Waals surface area contributed by atoms with Gasteiger partial charge in [0.1, 0.15) is 5.82 Å². The molecule has 1 amide bonds. The largest absolute Gasteiger partial charge is 0.368 e. The minimum Gasteiger partial charge on any atom is -0.368 e. The van der Waals surface area contributed by atoms with Crippen molar-refractivity contribution in [3.63, 3.8) is 0 Å². The fourth-order valence-electron chi connectivity index (χ4n) is 4.72. The van der Waals surface area contributed by atoms with Crippen molar-refractivity contribution in [1.29, 1.82) is 0 Å².